The van der Waals surface area contributed by atoms with E-state index in [9.17, 15) is 9.59 Å². The highest BCUT2D eigenvalue weighted by atomic mass is 16.5. The highest BCUT2D eigenvalue weighted by Crippen LogP contribution is 2.12. The summed E-state index contributed by atoms with van der Waals surface area (Å²) >= 11 is 0. The van der Waals surface area contributed by atoms with Crippen molar-refractivity contribution in [3.63, 3.8) is 0 Å². The van der Waals surface area contributed by atoms with Gasteiger partial charge in [0.25, 0.3) is 0 Å². The van der Waals surface area contributed by atoms with Crippen LogP contribution in [-0.4, -0.2) is 67.0 Å². The Hall–Kier alpha value is -1.14. The first kappa shape index (κ1) is 16.9. The van der Waals surface area contributed by atoms with E-state index in [1.54, 1.807) is 0 Å². The second-order valence-corrected chi connectivity index (χ2v) is 5.76. The Bertz CT molecular complexity index is 339. The molecule has 1 heterocycles. The molecule has 0 aromatic heterocycles. The van der Waals surface area contributed by atoms with Crippen LogP contribution >= 0.6 is 0 Å². The van der Waals surface area contributed by atoms with Crippen LogP contribution in [-0.2, 0) is 14.3 Å². The maximum Gasteiger partial charge on any atom is 0.307 e. The molecule has 0 aromatic rings. The molecule has 0 radical (unpaired) electrons. The smallest absolute Gasteiger partial charge is 0.307 e. The van der Waals surface area contributed by atoms with Crippen LogP contribution in [0.4, 0.5) is 0 Å². The van der Waals surface area contributed by atoms with Crippen LogP contribution in [0.1, 0.15) is 27.2 Å². The molecule has 116 valence electrons. The monoisotopic (exact) mass is 285 g/mol. The second kappa shape index (κ2) is 7.59. The summed E-state index contributed by atoms with van der Waals surface area (Å²) in [6.07, 6.45) is 0.385. The standard InChI is InChI=1S/C14H27N3O3/c1-10(2)13(15)14(19)17-7-5-16(6-8-17)11(3)9-12(18)20-4/h10-11,13H,5-9,15H2,1-4H3/t11?,13-/m0/s1. The van der Waals surface area contributed by atoms with Crippen LogP contribution in [0, 0.1) is 5.92 Å². The van der Waals surface area contributed by atoms with Crippen molar-refractivity contribution in [3.05, 3.63) is 0 Å². The van der Waals surface area contributed by atoms with E-state index in [2.05, 4.69) is 9.64 Å². The molecule has 2 N–H and O–H groups in total. The Morgan fingerprint density at radius 1 is 1.15 bits per heavy atom. The highest BCUT2D eigenvalue weighted by molar-refractivity contribution is 5.82. The van der Waals surface area contributed by atoms with Crippen LogP contribution in [0.3, 0.4) is 0 Å². The number of amides is 1. The van der Waals surface area contributed by atoms with E-state index >= 15 is 0 Å². The summed E-state index contributed by atoms with van der Waals surface area (Å²) in [5.41, 5.74) is 5.90. The molecule has 0 aliphatic carbocycles. The summed E-state index contributed by atoms with van der Waals surface area (Å²) < 4.78 is 4.68. The summed E-state index contributed by atoms with van der Waals surface area (Å²) in [6, 6.07) is -0.285. The number of rotatable bonds is 5. The van der Waals surface area contributed by atoms with Crippen molar-refractivity contribution >= 4 is 11.9 Å². The SMILES string of the molecule is COC(=O)CC(C)N1CCN(C(=O)[C@@H](N)C(C)C)CC1. The Kier molecular flexibility index (Phi) is 6.42. The van der Waals surface area contributed by atoms with E-state index in [0.717, 1.165) is 13.1 Å². The lowest BCUT2D eigenvalue weighted by molar-refractivity contribution is -0.143. The van der Waals surface area contributed by atoms with Gasteiger partial charge in [0.05, 0.1) is 19.6 Å². The van der Waals surface area contributed by atoms with Crippen LogP contribution in [0.5, 0.6) is 0 Å². The van der Waals surface area contributed by atoms with Gasteiger partial charge >= 0.3 is 5.97 Å². The largest absolute Gasteiger partial charge is 0.469 e. The second-order valence-electron chi connectivity index (χ2n) is 5.76. The average molecular weight is 285 g/mol. The highest BCUT2D eigenvalue weighted by Gasteiger charge is 2.28. The third-order valence-corrected chi connectivity index (χ3v) is 3.94. The fourth-order valence-corrected chi connectivity index (χ4v) is 2.33. The number of ether oxygens (including phenoxy) is 1. The van der Waals surface area contributed by atoms with Crippen LogP contribution in [0.2, 0.25) is 0 Å². The zero-order valence-electron chi connectivity index (χ0n) is 13.0. The van der Waals surface area contributed by atoms with Gasteiger partial charge in [0.2, 0.25) is 5.91 Å². The summed E-state index contributed by atoms with van der Waals surface area (Å²) in [7, 11) is 1.40. The molecular formula is C14H27N3O3. The third kappa shape index (κ3) is 4.45. The fraction of sp³-hybridized carbons (Fsp3) is 0.857. The molecule has 1 aliphatic rings. The lowest BCUT2D eigenvalue weighted by Gasteiger charge is -2.39. The minimum absolute atomic E-state index is 0.0280. The number of piperazine rings is 1. The quantitative estimate of drug-likeness (QED) is 0.723. The van der Waals surface area contributed by atoms with Crippen LogP contribution < -0.4 is 5.73 Å². The Morgan fingerprint density at radius 2 is 1.70 bits per heavy atom. The number of carbonyl (C=O) groups is 2. The van der Waals surface area contributed by atoms with Gasteiger partial charge in [-0.3, -0.25) is 14.5 Å². The predicted octanol–water partition coefficient (Wildman–Crippen LogP) is 0.0655. The Labute approximate surface area is 121 Å². The molecule has 0 spiro atoms. The van der Waals surface area contributed by atoms with Gasteiger partial charge in [0.1, 0.15) is 0 Å². The zero-order valence-corrected chi connectivity index (χ0v) is 13.0. The normalized spacial score (nSPS) is 19.8. The van der Waals surface area contributed by atoms with Crippen molar-refractivity contribution in [1.29, 1.82) is 0 Å². The summed E-state index contributed by atoms with van der Waals surface area (Å²) in [5.74, 6) is -0.0168. The number of methoxy groups -OCH3 is 1. The van der Waals surface area contributed by atoms with Crippen molar-refractivity contribution in [2.45, 2.75) is 39.3 Å². The van der Waals surface area contributed by atoms with Crippen LogP contribution in [0.25, 0.3) is 0 Å². The lowest BCUT2D eigenvalue weighted by Crippen LogP contribution is -2.55. The molecule has 1 rings (SSSR count). The number of hydrogen-bond donors (Lipinski definition) is 1. The summed E-state index contributed by atoms with van der Waals surface area (Å²) in [5, 5.41) is 0. The number of nitrogens with zero attached hydrogens (tertiary/aromatic N) is 2. The molecule has 6 heteroatoms. The van der Waals surface area contributed by atoms with Gasteiger partial charge in [-0.15, -0.1) is 0 Å². The van der Waals surface area contributed by atoms with Gasteiger partial charge in [-0.25, -0.2) is 0 Å². The molecule has 0 aromatic carbocycles. The molecule has 6 nitrogen and oxygen atoms in total. The van der Waals surface area contributed by atoms with Gasteiger partial charge in [-0.1, -0.05) is 13.8 Å². The minimum Gasteiger partial charge on any atom is -0.469 e. The van der Waals surface area contributed by atoms with Gasteiger partial charge in [-0.05, 0) is 12.8 Å². The molecule has 1 unspecified atom stereocenters. The van der Waals surface area contributed by atoms with Crippen LogP contribution in [0.15, 0.2) is 0 Å². The van der Waals surface area contributed by atoms with Crippen molar-refractivity contribution in [1.82, 2.24) is 9.80 Å². The molecular weight excluding hydrogens is 258 g/mol. The Morgan fingerprint density at radius 3 is 2.15 bits per heavy atom. The summed E-state index contributed by atoms with van der Waals surface area (Å²) in [4.78, 5) is 27.5. The molecule has 20 heavy (non-hydrogen) atoms. The summed E-state index contributed by atoms with van der Waals surface area (Å²) in [6.45, 7) is 8.81. The first-order valence-electron chi connectivity index (χ1n) is 7.22. The van der Waals surface area contributed by atoms with Crippen molar-refractivity contribution < 1.29 is 14.3 Å². The maximum atomic E-state index is 12.1. The molecule has 2 atom stereocenters. The average Bonchev–Trinajstić information content (AvgIpc) is 2.45. The number of esters is 1. The van der Waals surface area contributed by atoms with E-state index < -0.39 is 6.04 Å². The number of carbonyl (C=O) groups excluding carboxylic acids is 2. The first-order valence-corrected chi connectivity index (χ1v) is 7.22. The molecule has 1 aliphatic heterocycles. The zero-order chi connectivity index (χ0) is 15.3. The molecule has 1 saturated heterocycles. The Balaban J connectivity index is 2.43. The van der Waals surface area contributed by atoms with E-state index in [1.807, 2.05) is 25.7 Å². The first-order chi connectivity index (χ1) is 9.36. The fourth-order valence-electron chi connectivity index (χ4n) is 2.33. The maximum absolute atomic E-state index is 12.1. The topological polar surface area (TPSA) is 75.9 Å². The van der Waals surface area contributed by atoms with E-state index in [4.69, 9.17) is 5.73 Å². The number of nitrogens with two attached hydrogens (primary N) is 1. The minimum atomic E-state index is -0.422. The van der Waals surface area contributed by atoms with E-state index in [-0.39, 0.29) is 23.8 Å². The van der Waals surface area contributed by atoms with Crippen molar-refractivity contribution in [2.75, 3.05) is 33.3 Å². The van der Waals surface area contributed by atoms with E-state index in [1.165, 1.54) is 7.11 Å². The lowest BCUT2D eigenvalue weighted by atomic mass is 10.0. The van der Waals surface area contributed by atoms with Gasteiger partial charge < -0.3 is 15.4 Å². The van der Waals surface area contributed by atoms with E-state index in [0.29, 0.717) is 19.5 Å². The molecule has 0 bridgehead atoms. The molecule has 0 saturated carbocycles. The number of hydrogen-bond acceptors (Lipinski definition) is 5. The van der Waals surface area contributed by atoms with Crippen molar-refractivity contribution in [3.8, 4) is 0 Å². The van der Waals surface area contributed by atoms with Gasteiger partial charge in [-0.2, -0.15) is 0 Å². The third-order valence-electron chi connectivity index (χ3n) is 3.94. The van der Waals surface area contributed by atoms with Gasteiger partial charge in [0, 0.05) is 32.2 Å². The molecule has 1 amide bonds. The molecule has 1 fully saturated rings. The van der Waals surface area contributed by atoms with Gasteiger partial charge in [0.15, 0.2) is 0 Å². The predicted molar refractivity (Wildman–Crippen MR) is 77.1 cm³/mol. The van der Waals surface area contributed by atoms with Crippen molar-refractivity contribution in [2.24, 2.45) is 11.7 Å².